The molecule has 6 nitrogen and oxygen atoms in total. The molecule has 0 bridgehead atoms. The second-order valence-electron chi connectivity index (χ2n) is 3.76. The van der Waals surface area contributed by atoms with Gasteiger partial charge in [0.2, 0.25) is 0 Å². The SMILES string of the molecule is Nc1ccc2nc(Sc3nc[nH]c(=O)c3N)sc2c1. The Labute approximate surface area is 115 Å². The summed E-state index contributed by atoms with van der Waals surface area (Å²) >= 11 is 2.76. The summed E-state index contributed by atoms with van der Waals surface area (Å²) < 4.78 is 1.76. The number of nitrogen functional groups attached to an aromatic ring is 2. The highest BCUT2D eigenvalue weighted by Gasteiger charge is 2.10. The third kappa shape index (κ3) is 2.27. The van der Waals surface area contributed by atoms with Gasteiger partial charge in [-0.25, -0.2) is 9.97 Å². The Kier molecular flexibility index (Phi) is 2.88. The van der Waals surface area contributed by atoms with Crippen molar-refractivity contribution in [3.8, 4) is 0 Å². The van der Waals surface area contributed by atoms with E-state index in [1.165, 1.54) is 29.4 Å². The van der Waals surface area contributed by atoms with Gasteiger partial charge in [-0.05, 0) is 30.0 Å². The molecule has 2 aromatic heterocycles. The van der Waals surface area contributed by atoms with Gasteiger partial charge in [-0.15, -0.1) is 11.3 Å². The van der Waals surface area contributed by atoms with Gasteiger partial charge in [0.25, 0.3) is 5.56 Å². The summed E-state index contributed by atoms with van der Waals surface area (Å²) in [5.74, 6) is 0. The molecule has 1 aromatic carbocycles. The van der Waals surface area contributed by atoms with Gasteiger partial charge in [0.15, 0.2) is 4.34 Å². The number of aromatic nitrogens is 3. The Bertz CT molecular complexity index is 810. The van der Waals surface area contributed by atoms with Gasteiger partial charge in [0, 0.05) is 5.69 Å². The van der Waals surface area contributed by atoms with Crippen LogP contribution in [-0.4, -0.2) is 15.0 Å². The van der Waals surface area contributed by atoms with Crippen molar-refractivity contribution in [1.29, 1.82) is 0 Å². The Morgan fingerprint density at radius 3 is 3.00 bits per heavy atom. The summed E-state index contributed by atoms with van der Waals surface area (Å²) in [4.78, 5) is 22.3. The Balaban J connectivity index is 2.01. The molecule has 8 heteroatoms. The summed E-state index contributed by atoms with van der Waals surface area (Å²) in [6.07, 6.45) is 1.33. The highest BCUT2D eigenvalue weighted by Crippen LogP contribution is 2.35. The maximum atomic E-state index is 11.4. The first-order valence-corrected chi connectivity index (χ1v) is 6.94. The molecule has 0 unspecified atom stereocenters. The third-order valence-electron chi connectivity index (χ3n) is 2.43. The number of benzene rings is 1. The second kappa shape index (κ2) is 4.56. The molecule has 0 amide bonds. The minimum absolute atomic E-state index is 0.103. The van der Waals surface area contributed by atoms with Crippen molar-refractivity contribution in [2.45, 2.75) is 9.37 Å². The van der Waals surface area contributed by atoms with E-state index in [2.05, 4.69) is 15.0 Å². The molecule has 0 aliphatic heterocycles. The molecular weight excluding hydrogens is 282 g/mol. The van der Waals surface area contributed by atoms with Crippen LogP contribution in [0.4, 0.5) is 11.4 Å². The van der Waals surface area contributed by atoms with Crippen molar-refractivity contribution in [3.05, 3.63) is 34.9 Å². The quantitative estimate of drug-likeness (QED) is 0.489. The van der Waals surface area contributed by atoms with Crippen molar-refractivity contribution in [3.63, 3.8) is 0 Å². The molecule has 96 valence electrons. The average molecular weight is 291 g/mol. The largest absolute Gasteiger partial charge is 0.399 e. The number of H-pyrrole nitrogens is 1. The van der Waals surface area contributed by atoms with Crippen LogP contribution in [0.1, 0.15) is 0 Å². The first-order valence-electron chi connectivity index (χ1n) is 5.30. The fraction of sp³-hybridized carbons (Fsp3) is 0. The molecule has 0 radical (unpaired) electrons. The summed E-state index contributed by atoms with van der Waals surface area (Å²) in [6.45, 7) is 0. The molecule has 0 atom stereocenters. The van der Waals surface area contributed by atoms with Crippen molar-refractivity contribution in [2.24, 2.45) is 0 Å². The number of thiazole rings is 1. The van der Waals surface area contributed by atoms with E-state index in [0.29, 0.717) is 10.7 Å². The van der Waals surface area contributed by atoms with Crippen molar-refractivity contribution < 1.29 is 0 Å². The molecule has 2 heterocycles. The average Bonchev–Trinajstić information content (AvgIpc) is 2.76. The lowest BCUT2D eigenvalue weighted by Crippen LogP contribution is -2.13. The molecule has 0 aliphatic carbocycles. The Morgan fingerprint density at radius 1 is 1.32 bits per heavy atom. The predicted molar refractivity (Wildman–Crippen MR) is 77.4 cm³/mol. The van der Waals surface area contributed by atoms with Gasteiger partial charge in [-0.1, -0.05) is 0 Å². The van der Waals surface area contributed by atoms with Crippen LogP contribution in [0.2, 0.25) is 0 Å². The minimum atomic E-state index is -0.345. The molecule has 0 fully saturated rings. The maximum absolute atomic E-state index is 11.4. The monoisotopic (exact) mass is 291 g/mol. The lowest BCUT2D eigenvalue weighted by Gasteiger charge is -1.98. The van der Waals surface area contributed by atoms with Crippen LogP contribution in [-0.2, 0) is 0 Å². The molecular formula is C11H9N5OS2. The molecule has 3 rings (SSSR count). The zero-order valence-electron chi connectivity index (χ0n) is 9.58. The topological polar surface area (TPSA) is 111 Å². The predicted octanol–water partition coefficient (Wildman–Crippen LogP) is 1.70. The minimum Gasteiger partial charge on any atom is -0.399 e. The summed E-state index contributed by atoms with van der Waals surface area (Å²) in [5, 5.41) is 0.454. The number of nitrogens with zero attached hydrogens (tertiary/aromatic N) is 2. The van der Waals surface area contributed by atoms with E-state index in [1.54, 1.807) is 6.07 Å². The first-order chi connectivity index (χ1) is 9.13. The van der Waals surface area contributed by atoms with Gasteiger partial charge >= 0.3 is 0 Å². The number of nitrogens with two attached hydrogens (primary N) is 2. The van der Waals surface area contributed by atoms with Gasteiger partial charge in [-0.2, -0.15) is 0 Å². The standard InChI is InChI=1S/C11H9N5OS2/c12-5-1-2-6-7(3-5)18-11(16-6)19-10-8(13)9(17)14-4-15-10/h1-4H,12-13H2,(H,14,15,17). The molecule has 0 saturated carbocycles. The normalized spacial score (nSPS) is 10.9. The van der Waals surface area contributed by atoms with Crippen LogP contribution in [0.3, 0.4) is 0 Å². The van der Waals surface area contributed by atoms with Crippen molar-refractivity contribution in [2.75, 3.05) is 11.5 Å². The summed E-state index contributed by atoms with van der Waals surface area (Å²) in [7, 11) is 0. The van der Waals surface area contributed by atoms with Gasteiger partial charge in [-0.3, -0.25) is 4.79 Å². The number of hydrogen-bond acceptors (Lipinski definition) is 7. The van der Waals surface area contributed by atoms with Crippen molar-refractivity contribution in [1.82, 2.24) is 15.0 Å². The van der Waals surface area contributed by atoms with Crippen LogP contribution in [0.5, 0.6) is 0 Å². The highest BCUT2D eigenvalue weighted by atomic mass is 32.2. The molecule has 0 aliphatic rings. The summed E-state index contributed by atoms with van der Waals surface area (Å²) in [5.41, 5.74) is 12.7. The first kappa shape index (κ1) is 12.0. The Morgan fingerprint density at radius 2 is 2.16 bits per heavy atom. The number of nitrogens with one attached hydrogen (secondary N) is 1. The fourth-order valence-corrected chi connectivity index (χ4v) is 3.56. The summed E-state index contributed by atoms with van der Waals surface area (Å²) in [6, 6.07) is 5.53. The molecule has 0 saturated heterocycles. The molecule has 5 N–H and O–H groups in total. The van der Waals surface area contributed by atoms with Gasteiger partial charge in [0.1, 0.15) is 10.7 Å². The second-order valence-corrected chi connectivity index (χ2v) is 6.03. The van der Waals surface area contributed by atoms with Gasteiger partial charge in [0.05, 0.1) is 16.5 Å². The van der Waals surface area contributed by atoms with E-state index < -0.39 is 0 Å². The zero-order chi connectivity index (χ0) is 13.4. The number of anilines is 2. The third-order valence-corrected chi connectivity index (χ3v) is 4.53. The van der Waals surface area contributed by atoms with E-state index in [4.69, 9.17) is 11.5 Å². The molecule has 0 spiro atoms. The lowest BCUT2D eigenvalue weighted by molar-refractivity contribution is 1.02. The zero-order valence-corrected chi connectivity index (χ0v) is 11.2. The van der Waals surface area contributed by atoms with Crippen LogP contribution in [0.25, 0.3) is 10.2 Å². The number of rotatable bonds is 2. The van der Waals surface area contributed by atoms with Crippen LogP contribution < -0.4 is 17.0 Å². The van der Waals surface area contributed by atoms with Crippen LogP contribution in [0.15, 0.2) is 38.7 Å². The van der Waals surface area contributed by atoms with E-state index in [-0.39, 0.29) is 11.2 Å². The van der Waals surface area contributed by atoms with E-state index in [0.717, 1.165) is 14.6 Å². The number of hydrogen-bond donors (Lipinski definition) is 3. The van der Waals surface area contributed by atoms with Crippen molar-refractivity contribution >= 4 is 44.7 Å². The highest BCUT2D eigenvalue weighted by molar-refractivity contribution is 8.01. The van der Waals surface area contributed by atoms with Crippen LogP contribution >= 0.6 is 23.1 Å². The van der Waals surface area contributed by atoms with Gasteiger partial charge < -0.3 is 16.5 Å². The molecule has 19 heavy (non-hydrogen) atoms. The maximum Gasteiger partial charge on any atom is 0.275 e. The van der Waals surface area contributed by atoms with E-state index >= 15 is 0 Å². The van der Waals surface area contributed by atoms with E-state index in [9.17, 15) is 4.79 Å². The fourth-order valence-electron chi connectivity index (χ4n) is 1.52. The molecule has 3 aromatic rings. The Hall–Kier alpha value is -2.06. The van der Waals surface area contributed by atoms with Crippen LogP contribution in [0, 0.1) is 0 Å². The lowest BCUT2D eigenvalue weighted by atomic mass is 10.3. The number of fused-ring (bicyclic) bond motifs is 1. The number of aromatic amines is 1. The van der Waals surface area contributed by atoms with E-state index in [1.807, 2.05) is 12.1 Å². The smallest absolute Gasteiger partial charge is 0.275 e.